The highest BCUT2D eigenvalue weighted by Crippen LogP contribution is 2.09. The van der Waals surface area contributed by atoms with Crippen LogP contribution in [0.4, 0.5) is 0 Å². The van der Waals surface area contributed by atoms with Crippen molar-refractivity contribution in [1.82, 2.24) is 16.0 Å². The molecule has 1 aromatic rings. The molecule has 0 radical (unpaired) electrons. The van der Waals surface area contributed by atoms with Crippen molar-refractivity contribution in [2.45, 2.75) is 77.5 Å². The van der Waals surface area contributed by atoms with Crippen LogP contribution < -0.4 is 21.7 Å². The van der Waals surface area contributed by atoms with Crippen LogP contribution in [0.3, 0.4) is 0 Å². The molecule has 0 fully saturated rings. The van der Waals surface area contributed by atoms with Crippen molar-refractivity contribution in [2.75, 3.05) is 0 Å². The second-order valence-electron chi connectivity index (χ2n) is 9.67. The Morgan fingerprint density at radius 3 is 1.75 bits per heavy atom. The second kappa shape index (κ2) is 14.8. The summed E-state index contributed by atoms with van der Waals surface area (Å²) in [4.78, 5) is 61.5. The van der Waals surface area contributed by atoms with Crippen LogP contribution in [0, 0.1) is 11.8 Å². The van der Waals surface area contributed by atoms with Crippen molar-refractivity contribution in [2.24, 2.45) is 17.6 Å². The first-order chi connectivity index (χ1) is 16.8. The zero-order valence-corrected chi connectivity index (χ0v) is 21.2. The average molecular weight is 507 g/mol. The van der Waals surface area contributed by atoms with E-state index in [9.17, 15) is 34.2 Å². The fourth-order valence-electron chi connectivity index (χ4n) is 3.57. The number of hydrogen-bond donors (Lipinski definition) is 6. The summed E-state index contributed by atoms with van der Waals surface area (Å²) in [7, 11) is 0. The molecule has 11 heteroatoms. The maximum Gasteiger partial charge on any atom is 0.326 e. The molecule has 0 aliphatic carbocycles. The van der Waals surface area contributed by atoms with Crippen LogP contribution in [0.1, 0.15) is 52.5 Å². The molecule has 0 spiro atoms. The van der Waals surface area contributed by atoms with Gasteiger partial charge >= 0.3 is 11.9 Å². The van der Waals surface area contributed by atoms with Crippen molar-refractivity contribution < 1.29 is 34.2 Å². The molecule has 3 amide bonds. The lowest BCUT2D eigenvalue weighted by Gasteiger charge is -2.26. The summed E-state index contributed by atoms with van der Waals surface area (Å²) in [6, 6.07) is 3.98. The molecule has 0 aliphatic heterocycles. The normalized spacial score (nSPS) is 14.4. The van der Waals surface area contributed by atoms with Gasteiger partial charge in [0, 0.05) is 6.42 Å². The van der Waals surface area contributed by atoms with E-state index >= 15 is 0 Å². The number of carboxylic acids is 2. The SMILES string of the molecule is CC(C)CC(N)C(=O)NC(CC(=O)O)C(=O)NC(CC(C)C)C(=O)NC(Cc1ccccc1)C(=O)O. The molecule has 1 aromatic carbocycles. The van der Waals surface area contributed by atoms with E-state index in [0.717, 1.165) is 0 Å². The Hall–Kier alpha value is -3.47. The fraction of sp³-hybridized carbons (Fsp3) is 0.560. The van der Waals surface area contributed by atoms with Gasteiger partial charge in [-0.3, -0.25) is 19.2 Å². The van der Waals surface area contributed by atoms with Gasteiger partial charge in [0.2, 0.25) is 17.7 Å². The minimum absolute atomic E-state index is 0.0374. The Balaban J connectivity index is 3.00. The van der Waals surface area contributed by atoms with Crippen LogP contribution in [0.2, 0.25) is 0 Å². The lowest BCUT2D eigenvalue weighted by Crippen LogP contribution is -2.58. The van der Waals surface area contributed by atoms with Gasteiger partial charge in [-0.25, -0.2) is 4.79 Å². The number of nitrogens with two attached hydrogens (primary N) is 1. The quantitative estimate of drug-likeness (QED) is 0.200. The molecule has 0 bridgehead atoms. The van der Waals surface area contributed by atoms with Gasteiger partial charge in [0.1, 0.15) is 18.1 Å². The fourth-order valence-corrected chi connectivity index (χ4v) is 3.57. The van der Waals surface area contributed by atoms with Gasteiger partial charge in [-0.05, 0) is 30.2 Å². The first-order valence-corrected chi connectivity index (χ1v) is 11.9. The van der Waals surface area contributed by atoms with Crippen LogP contribution in [-0.2, 0) is 30.4 Å². The third-order valence-electron chi connectivity index (χ3n) is 5.31. The molecule has 0 aromatic heterocycles. The zero-order chi connectivity index (χ0) is 27.4. The molecule has 4 atom stereocenters. The number of rotatable bonds is 15. The molecule has 0 saturated carbocycles. The van der Waals surface area contributed by atoms with E-state index in [4.69, 9.17) is 5.73 Å². The summed E-state index contributed by atoms with van der Waals surface area (Å²) >= 11 is 0. The van der Waals surface area contributed by atoms with Gasteiger partial charge < -0.3 is 31.9 Å². The lowest BCUT2D eigenvalue weighted by molar-refractivity contribution is -0.143. The van der Waals surface area contributed by atoms with Gasteiger partial charge in [-0.15, -0.1) is 0 Å². The van der Waals surface area contributed by atoms with Crippen LogP contribution in [0.15, 0.2) is 30.3 Å². The molecule has 4 unspecified atom stereocenters. The maximum absolute atomic E-state index is 13.0. The largest absolute Gasteiger partial charge is 0.481 e. The van der Waals surface area contributed by atoms with E-state index in [0.29, 0.717) is 12.0 Å². The predicted molar refractivity (Wildman–Crippen MR) is 133 cm³/mol. The number of carbonyl (C=O) groups is 5. The highest BCUT2D eigenvalue weighted by molar-refractivity contribution is 5.95. The molecule has 0 aliphatic rings. The van der Waals surface area contributed by atoms with Gasteiger partial charge in [0.25, 0.3) is 0 Å². The number of carbonyl (C=O) groups excluding carboxylic acids is 3. The summed E-state index contributed by atoms with van der Waals surface area (Å²) < 4.78 is 0. The number of hydrogen-bond acceptors (Lipinski definition) is 6. The monoisotopic (exact) mass is 506 g/mol. The highest BCUT2D eigenvalue weighted by atomic mass is 16.4. The first-order valence-electron chi connectivity index (χ1n) is 11.9. The second-order valence-corrected chi connectivity index (χ2v) is 9.67. The molecule has 200 valence electrons. The Bertz CT molecular complexity index is 905. The van der Waals surface area contributed by atoms with E-state index in [1.807, 2.05) is 27.7 Å². The Kier molecular flexibility index (Phi) is 12.6. The van der Waals surface area contributed by atoms with Crippen LogP contribution in [0.5, 0.6) is 0 Å². The van der Waals surface area contributed by atoms with E-state index < -0.39 is 60.2 Å². The summed E-state index contributed by atoms with van der Waals surface area (Å²) in [5.74, 6) is -4.80. The minimum Gasteiger partial charge on any atom is -0.481 e. The summed E-state index contributed by atoms with van der Waals surface area (Å²) in [5.41, 5.74) is 6.55. The Labute approximate surface area is 211 Å². The van der Waals surface area contributed by atoms with Crippen LogP contribution in [-0.4, -0.2) is 64.0 Å². The molecule has 0 heterocycles. The first kappa shape index (κ1) is 30.6. The van der Waals surface area contributed by atoms with Gasteiger partial charge in [-0.1, -0.05) is 58.0 Å². The standard InChI is InChI=1S/C25H38N4O7/c1-14(2)10-17(26)22(32)27-19(13-21(30)31)24(34)28-18(11-15(3)4)23(33)29-20(25(35)36)12-16-8-6-5-7-9-16/h5-9,14-15,17-20H,10-13,26H2,1-4H3,(H,27,32)(H,28,34)(H,29,33)(H,30,31)(H,35,36). The summed E-state index contributed by atoms with van der Waals surface area (Å²) in [6.45, 7) is 7.36. The molecule has 36 heavy (non-hydrogen) atoms. The van der Waals surface area contributed by atoms with Gasteiger partial charge in [-0.2, -0.15) is 0 Å². The molecule has 7 N–H and O–H groups in total. The minimum atomic E-state index is -1.46. The molecule has 1 rings (SSSR count). The lowest BCUT2D eigenvalue weighted by atomic mass is 10.0. The Morgan fingerprint density at radius 1 is 0.750 bits per heavy atom. The molecule has 0 saturated heterocycles. The average Bonchev–Trinajstić information content (AvgIpc) is 2.77. The topological polar surface area (TPSA) is 188 Å². The predicted octanol–water partition coefficient (Wildman–Crippen LogP) is 0.662. The van der Waals surface area contributed by atoms with E-state index in [1.54, 1.807) is 30.3 Å². The number of carboxylic acid groups (broad SMARTS) is 2. The van der Waals surface area contributed by atoms with E-state index in [1.165, 1.54) is 0 Å². The number of amides is 3. The van der Waals surface area contributed by atoms with Gasteiger partial charge in [0.05, 0.1) is 12.5 Å². The van der Waals surface area contributed by atoms with Crippen molar-refractivity contribution in [3.63, 3.8) is 0 Å². The highest BCUT2D eigenvalue weighted by Gasteiger charge is 2.32. The van der Waals surface area contributed by atoms with E-state index in [-0.39, 0.29) is 24.7 Å². The van der Waals surface area contributed by atoms with Crippen molar-refractivity contribution >= 4 is 29.7 Å². The van der Waals surface area contributed by atoms with Crippen LogP contribution in [0.25, 0.3) is 0 Å². The number of benzene rings is 1. The third-order valence-corrected chi connectivity index (χ3v) is 5.31. The van der Waals surface area contributed by atoms with Crippen molar-refractivity contribution in [3.8, 4) is 0 Å². The summed E-state index contributed by atoms with van der Waals surface area (Å²) in [6.07, 6.45) is -0.178. The van der Waals surface area contributed by atoms with Crippen LogP contribution >= 0.6 is 0 Å². The molecule has 11 nitrogen and oxygen atoms in total. The van der Waals surface area contributed by atoms with Gasteiger partial charge in [0.15, 0.2) is 0 Å². The third kappa shape index (κ3) is 11.3. The maximum atomic E-state index is 13.0. The van der Waals surface area contributed by atoms with Crippen molar-refractivity contribution in [3.05, 3.63) is 35.9 Å². The zero-order valence-electron chi connectivity index (χ0n) is 21.2. The van der Waals surface area contributed by atoms with Crippen molar-refractivity contribution in [1.29, 1.82) is 0 Å². The molecular weight excluding hydrogens is 468 g/mol. The summed E-state index contributed by atoms with van der Waals surface area (Å²) in [5, 5.41) is 26.1. The molecular formula is C25H38N4O7. The number of aliphatic carboxylic acids is 2. The smallest absolute Gasteiger partial charge is 0.326 e. The van der Waals surface area contributed by atoms with E-state index in [2.05, 4.69) is 16.0 Å². The Morgan fingerprint density at radius 2 is 1.25 bits per heavy atom. The number of nitrogens with one attached hydrogen (secondary N) is 3.